The number of nitriles is 1. The maximum absolute atomic E-state index is 11.5. The van der Waals surface area contributed by atoms with Gasteiger partial charge in [0.1, 0.15) is 16.3 Å². The van der Waals surface area contributed by atoms with Crippen molar-refractivity contribution in [1.82, 2.24) is 19.8 Å². The van der Waals surface area contributed by atoms with Crippen molar-refractivity contribution in [1.29, 1.82) is 5.26 Å². The molecule has 2 unspecified atom stereocenters. The molecule has 47 heavy (non-hydrogen) atoms. The number of aliphatic hydroxyl groups is 1. The summed E-state index contributed by atoms with van der Waals surface area (Å²) in [6.07, 6.45) is 8.10. The molecule has 0 amide bonds. The molecule has 4 aromatic rings. The number of benzene rings is 2. The predicted molar refractivity (Wildman–Crippen MR) is 181 cm³/mol. The monoisotopic (exact) mass is 667 g/mol. The molecule has 3 aliphatic rings. The number of allylic oxidation sites excluding steroid dienone is 3. The van der Waals surface area contributed by atoms with E-state index >= 15 is 0 Å². The maximum atomic E-state index is 11.5. The molecule has 11 heteroatoms. The zero-order valence-corrected chi connectivity index (χ0v) is 27.4. The molecule has 1 aliphatic carbocycles. The Kier molecular flexibility index (Phi) is 8.45. The lowest BCUT2D eigenvalue weighted by Gasteiger charge is -2.43. The number of carboxylic acids is 1. The zero-order valence-electron chi connectivity index (χ0n) is 25.8. The molecule has 2 aromatic heterocycles. The summed E-state index contributed by atoms with van der Waals surface area (Å²) in [5.74, 6) is -0.815. The number of halogens is 1. The number of aliphatic hydroxyl groups excluding tert-OH is 1. The topological polar surface area (TPSA) is 127 Å². The molecule has 4 heterocycles. The minimum atomic E-state index is -1.07. The highest BCUT2D eigenvalue weighted by Gasteiger charge is 2.55. The molecule has 2 saturated heterocycles. The quantitative estimate of drug-likeness (QED) is 0.211. The number of β-amino-alcohol motifs (C(OH)–C–C–N with tert-alkyl or cyclic N) is 1. The first-order valence-corrected chi connectivity index (χ1v) is 16.8. The summed E-state index contributed by atoms with van der Waals surface area (Å²) >= 11 is 9.17. The lowest BCUT2D eigenvalue weighted by atomic mass is 9.78. The van der Waals surface area contributed by atoms with Gasteiger partial charge in [0.2, 0.25) is 5.89 Å². The summed E-state index contributed by atoms with van der Waals surface area (Å²) in [4.78, 5) is 24.5. The smallest absolute Gasteiger partial charge is 0.307 e. The number of carbonyl (C=O) groups is 1. The van der Waals surface area contributed by atoms with Crippen LogP contribution in [0.2, 0.25) is 0 Å². The molecule has 0 radical (unpaired) electrons. The van der Waals surface area contributed by atoms with Crippen LogP contribution in [0.25, 0.3) is 16.7 Å². The second-order valence-electron chi connectivity index (χ2n) is 12.7. The fourth-order valence-corrected chi connectivity index (χ4v) is 8.49. The van der Waals surface area contributed by atoms with E-state index in [4.69, 9.17) is 26.0 Å². The molecule has 0 spiro atoms. The van der Waals surface area contributed by atoms with Crippen molar-refractivity contribution in [2.24, 2.45) is 5.92 Å². The summed E-state index contributed by atoms with van der Waals surface area (Å²) in [6.45, 7) is 5.61. The Labute approximate surface area is 282 Å². The third-order valence-corrected chi connectivity index (χ3v) is 11.4. The van der Waals surface area contributed by atoms with Gasteiger partial charge in [0, 0.05) is 38.9 Å². The fourth-order valence-electron chi connectivity index (χ4n) is 6.78. The maximum Gasteiger partial charge on any atom is 0.307 e. The number of thioether (sulfide) groups is 1. The Morgan fingerprint density at radius 2 is 1.91 bits per heavy atom. The summed E-state index contributed by atoms with van der Waals surface area (Å²) < 4.78 is 5.49. The van der Waals surface area contributed by atoms with E-state index in [0.29, 0.717) is 68.2 Å². The number of hydrogen-bond acceptors (Lipinski definition) is 9. The van der Waals surface area contributed by atoms with E-state index in [2.05, 4.69) is 15.9 Å². The van der Waals surface area contributed by atoms with E-state index in [0.717, 1.165) is 27.3 Å². The number of pyridine rings is 1. The number of hydrogen-bond donors (Lipinski definition) is 2. The molecule has 7 rings (SSSR count). The lowest BCUT2D eigenvalue weighted by molar-refractivity contribution is -0.141. The largest absolute Gasteiger partial charge is 0.481 e. The van der Waals surface area contributed by atoms with Crippen LogP contribution in [0.4, 0.5) is 0 Å². The van der Waals surface area contributed by atoms with Crippen molar-refractivity contribution in [2.75, 3.05) is 26.2 Å². The summed E-state index contributed by atoms with van der Waals surface area (Å²) in [5.41, 5.74) is 5.08. The summed E-state index contributed by atoms with van der Waals surface area (Å²) in [6, 6.07) is 20.0. The number of aromatic nitrogens is 2. The van der Waals surface area contributed by atoms with Crippen molar-refractivity contribution in [3.8, 4) is 6.07 Å². The number of nitrogens with zero attached hydrogens (tertiary/aromatic N) is 5. The van der Waals surface area contributed by atoms with Gasteiger partial charge in [-0.25, -0.2) is 9.97 Å². The van der Waals surface area contributed by atoms with Crippen molar-refractivity contribution in [2.45, 2.75) is 47.2 Å². The number of fused-ring (bicyclic) bond motifs is 1. The Morgan fingerprint density at radius 3 is 2.64 bits per heavy atom. The molecule has 240 valence electrons. The van der Waals surface area contributed by atoms with Crippen LogP contribution < -0.4 is 0 Å². The number of likely N-dealkylation sites (tertiary alicyclic amines) is 2. The van der Waals surface area contributed by atoms with E-state index in [1.54, 1.807) is 12.3 Å². The third-order valence-electron chi connectivity index (χ3n) is 9.31. The highest BCUT2D eigenvalue weighted by Crippen LogP contribution is 2.59. The normalized spacial score (nSPS) is 25.1. The standard InChI is InChI=1S/C36H34ClN5O4S/c1-35(37)29(25-6-3-2-4-7-25)8-5-11-36(35,47-31-16-23(9-12-39-31)18-42-21-28(43)22-42)34-40-30-15-24(14-27(17-38)32(30)46-34)19-41-13-10-26(20-41)33(44)45/h2-9,11-12,14-16,26,28,43H,10,13,18-22H2,1H3,(H,44,45)/t26-,35?,36?/m1/s1. The highest BCUT2D eigenvalue weighted by atomic mass is 35.5. The number of aliphatic carboxylic acids is 1. The van der Waals surface area contributed by atoms with Crippen molar-refractivity contribution < 1.29 is 19.4 Å². The minimum Gasteiger partial charge on any atom is -0.481 e. The summed E-state index contributed by atoms with van der Waals surface area (Å²) in [5, 5.41) is 30.1. The molecule has 0 saturated carbocycles. The van der Waals surface area contributed by atoms with Gasteiger partial charge < -0.3 is 14.6 Å². The average Bonchev–Trinajstić information content (AvgIpc) is 3.69. The van der Waals surface area contributed by atoms with E-state index in [-0.39, 0.29) is 12.0 Å². The molecule has 2 aliphatic heterocycles. The van der Waals surface area contributed by atoms with Gasteiger partial charge in [-0.05, 0) is 66.4 Å². The van der Waals surface area contributed by atoms with Gasteiger partial charge >= 0.3 is 5.97 Å². The van der Waals surface area contributed by atoms with Gasteiger partial charge in [0.25, 0.3) is 0 Å². The first kappa shape index (κ1) is 31.6. The number of rotatable bonds is 9. The molecule has 2 aromatic carbocycles. The van der Waals surface area contributed by atoms with Crippen LogP contribution in [0.5, 0.6) is 0 Å². The van der Waals surface area contributed by atoms with Crippen LogP contribution in [0.15, 0.2) is 88.5 Å². The first-order chi connectivity index (χ1) is 22.6. The van der Waals surface area contributed by atoms with Crippen molar-refractivity contribution in [3.05, 3.63) is 107 Å². The van der Waals surface area contributed by atoms with Crippen molar-refractivity contribution in [3.63, 3.8) is 0 Å². The van der Waals surface area contributed by atoms with Gasteiger partial charge in [-0.3, -0.25) is 14.6 Å². The summed E-state index contributed by atoms with van der Waals surface area (Å²) in [7, 11) is 0. The molecule has 2 N–H and O–H groups in total. The molecule has 9 nitrogen and oxygen atoms in total. The third kappa shape index (κ3) is 5.99. The molecule has 0 bridgehead atoms. The molecular formula is C36H34ClN5O4S. The second kappa shape index (κ2) is 12.6. The van der Waals surface area contributed by atoms with E-state index in [1.807, 2.05) is 73.7 Å². The number of carboxylic acid groups (broad SMARTS) is 1. The SMILES string of the molecule is CC1(Cl)C(c2ccccc2)=CC=CC1(Sc1cc(CN2CC(O)C2)ccn1)c1nc2cc(CN3CC[C@@H](C(=O)O)C3)cc(C#N)c2o1. The highest BCUT2D eigenvalue weighted by molar-refractivity contribution is 8.00. The molecule has 3 atom stereocenters. The second-order valence-corrected chi connectivity index (χ2v) is 14.7. The Morgan fingerprint density at radius 1 is 1.13 bits per heavy atom. The minimum absolute atomic E-state index is 0.281. The van der Waals surface area contributed by atoms with Gasteiger partial charge in [-0.1, -0.05) is 60.3 Å². The van der Waals surface area contributed by atoms with Gasteiger partial charge in [0.15, 0.2) is 5.58 Å². The van der Waals surface area contributed by atoms with E-state index < -0.39 is 15.6 Å². The first-order valence-electron chi connectivity index (χ1n) is 15.6. The number of oxazole rings is 1. The van der Waals surface area contributed by atoms with Crippen LogP contribution in [-0.4, -0.2) is 73.1 Å². The van der Waals surface area contributed by atoms with Crippen LogP contribution in [0, 0.1) is 17.2 Å². The van der Waals surface area contributed by atoms with E-state index in [9.17, 15) is 20.3 Å². The Hall–Kier alpha value is -3.98. The van der Waals surface area contributed by atoms with Crippen LogP contribution >= 0.6 is 23.4 Å². The Balaban J connectivity index is 1.30. The van der Waals surface area contributed by atoms with Crippen molar-refractivity contribution >= 4 is 46.0 Å². The van der Waals surface area contributed by atoms with Crippen LogP contribution in [0.3, 0.4) is 0 Å². The fraction of sp³-hybridized carbons (Fsp3) is 0.333. The van der Waals surface area contributed by atoms with Gasteiger partial charge in [0.05, 0.1) is 27.5 Å². The lowest BCUT2D eigenvalue weighted by Crippen LogP contribution is -2.49. The van der Waals surface area contributed by atoms with Gasteiger partial charge in [-0.2, -0.15) is 5.26 Å². The van der Waals surface area contributed by atoms with Gasteiger partial charge in [-0.15, -0.1) is 11.6 Å². The predicted octanol–water partition coefficient (Wildman–Crippen LogP) is 5.82. The molecular weight excluding hydrogens is 634 g/mol. The molecule has 2 fully saturated rings. The number of alkyl halides is 1. The van der Waals surface area contributed by atoms with Crippen LogP contribution in [-0.2, 0) is 22.6 Å². The van der Waals surface area contributed by atoms with E-state index in [1.165, 1.54) is 11.8 Å². The average molecular weight is 668 g/mol. The van der Waals surface area contributed by atoms with Crippen LogP contribution in [0.1, 0.15) is 41.5 Å². The Bertz CT molecular complexity index is 1930. The zero-order chi connectivity index (χ0) is 32.8.